The van der Waals surface area contributed by atoms with Crippen LogP contribution in [0.1, 0.15) is 41.0 Å². The smallest absolute Gasteiger partial charge is 0.416 e. The zero-order valence-electron chi connectivity index (χ0n) is 20.6. The third kappa shape index (κ3) is 5.88. The number of aryl methyl sites for hydroxylation is 1. The molecule has 0 radical (unpaired) electrons. The van der Waals surface area contributed by atoms with Gasteiger partial charge in [0.15, 0.2) is 5.82 Å². The molecule has 0 saturated heterocycles. The molecule has 0 bridgehead atoms. The molecule has 3 N–H and O–H groups in total. The largest absolute Gasteiger partial charge is 0.497 e. The second-order valence-corrected chi connectivity index (χ2v) is 8.96. The van der Waals surface area contributed by atoms with Crippen LogP contribution in [0.2, 0.25) is 0 Å². The van der Waals surface area contributed by atoms with E-state index in [-0.39, 0.29) is 5.69 Å². The Morgan fingerprint density at radius 3 is 2.44 bits per heavy atom. The van der Waals surface area contributed by atoms with Gasteiger partial charge in [0.1, 0.15) is 17.1 Å². The monoisotopic (exact) mass is 498 g/mol. The van der Waals surface area contributed by atoms with Crippen LogP contribution in [0.3, 0.4) is 0 Å². The molecule has 7 nitrogen and oxygen atoms in total. The Hall–Kier alpha value is -3.79. The second kappa shape index (κ2) is 10.1. The molecule has 0 unspecified atom stereocenters. The van der Waals surface area contributed by atoms with Gasteiger partial charge in [-0.25, -0.2) is 9.50 Å². The van der Waals surface area contributed by atoms with E-state index in [1.807, 2.05) is 43.6 Å². The van der Waals surface area contributed by atoms with Crippen molar-refractivity contribution in [1.29, 1.82) is 0 Å². The lowest BCUT2D eigenvalue weighted by atomic mass is 10.0. The molecule has 0 aliphatic carbocycles. The van der Waals surface area contributed by atoms with E-state index in [1.165, 1.54) is 6.07 Å². The first-order valence-electron chi connectivity index (χ1n) is 11.4. The number of nitrogen functional groups attached to an aromatic ring is 1. The van der Waals surface area contributed by atoms with Crippen molar-refractivity contribution in [2.75, 3.05) is 25.2 Å². The summed E-state index contributed by atoms with van der Waals surface area (Å²) in [5.74, 6) is 1.89. The van der Waals surface area contributed by atoms with Crippen LogP contribution in [0, 0.1) is 6.92 Å². The Bertz CT molecular complexity index is 1350. The summed E-state index contributed by atoms with van der Waals surface area (Å²) in [5, 5.41) is 7.72. The number of anilines is 2. The number of aromatic nitrogens is 3. The molecule has 190 valence electrons. The number of nitrogens with one attached hydrogen (secondary N) is 1. The fraction of sp³-hybridized carbons (Fsp3) is 0.308. The average Bonchev–Trinajstić information content (AvgIpc) is 3.20. The second-order valence-electron chi connectivity index (χ2n) is 8.96. The summed E-state index contributed by atoms with van der Waals surface area (Å²) < 4.78 is 46.8. The third-order valence-corrected chi connectivity index (χ3v) is 5.85. The predicted molar refractivity (Wildman–Crippen MR) is 134 cm³/mol. The van der Waals surface area contributed by atoms with E-state index in [0.29, 0.717) is 23.8 Å². The zero-order chi connectivity index (χ0) is 26.0. The SMILES string of the molecule is COc1ccc(CN(C)Cc2cc3c(N[C@H](C)c4cc(N)cc(C(F)(F)F)c4)nc(C)nn3c2)cc1. The molecule has 0 aliphatic rings. The average molecular weight is 499 g/mol. The van der Waals surface area contributed by atoms with Gasteiger partial charge in [0.2, 0.25) is 0 Å². The van der Waals surface area contributed by atoms with Crippen molar-refractivity contribution in [3.05, 3.63) is 82.8 Å². The first-order valence-corrected chi connectivity index (χ1v) is 11.4. The highest BCUT2D eigenvalue weighted by Crippen LogP contribution is 2.33. The number of halogens is 3. The fourth-order valence-electron chi connectivity index (χ4n) is 4.14. The summed E-state index contributed by atoms with van der Waals surface area (Å²) in [6.07, 6.45) is -2.54. The van der Waals surface area contributed by atoms with Crippen LogP contribution in [0.5, 0.6) is 5.75 Å². The normalized spacial score (nSPS) is 12.8. The Balaban J connectivity index is 1.54. The number of methoxy groups -OCH3 is 1. The minimum absolute atomic E-state index is 0.0577. The van der Waals surface area contributed by atoms with Crippen molar-refractivity contribution in [2.24, 2.45) is 0 Å². The van der Waals surface area contributed by atoms with Gasteiger partial charge in [-0.05, 0) is 74.0 Å². The maximum absolute atomic E-state index is 13.3. The maximum atomic E-state index is 13.3. The van der Waals surface area contributed by atoms with E-state index in [9.17, 15) is 13.2 Å². The highest BCUT2D eigenvalue weighted by atomic mass is 19.4. The summed E-state index contributed by atoms with van der Waals surface area (Å²) in [6.45, 7) is 4.97. The van der Waals surface area contributed by atoms with E-state index in [0.717, 1.165) is 41.1 Å². The molecule has 36 heavy (non-hydrogen) atoms. The Morgan fingerprint density at radius 1 is 1.08 bits per heavy atom. The van der Waals surface area contributed by atoms with E-state index in [1.54, 1.807) is 25.5 Å². The minimum Gasteiger partial charge on any atom is -0.497 e. The van der Waals surface area contributed by atoms with Crippen molar-refractivity contribution < 1.29 is 17.9 Å². The molecular weight excluding hydrogens is 469 g/mol. The molecule has 0 aliphatic heterocycles. The van der Waals surface area contributed by atoms with Crippen molar-refractivity contribution >= 4 is 17.0 Å². The number of fused-ring (bicyclic) bond motifs is 1. The number of ether oxygens (including phenoxy) is 1. The number of nitrogens with zero attached hydrogens (tertiary/aromatic N) is 4. The number of rotatable bonds is 8. The van der Waals surface area contributed by atoms with Crippen molar-refractivity contribution in [3.8, 4) is 5.75 Å². The quantitative estimate of drug-likeness (QED) is 0.315. The van der Waals surface area contributed by atoms with Gasteiger partial charge in [0.25, 0.3) is 0 Å². The van der Waals surface area contributed by atoms with Gasteiger partial charge in [-0.1, -0.05) is 12.1 Å². The van der Waals surface area contributed by atoms with Crippen LogP contribution in [-0.4, -0.2) is 33.7 Å². The Labute approximate surface area is 207 Å². The molecule has 0 fully saturated rings. The predicted octanol–water partition coefficient (Wildman–Crippen LogP) is 5.45. The molecule has 10 heteroatoms. The van der Waals surface area contributed by atoms with Crippen molar-refractivity contribution in [2.45, 2.75) is 39.2 Å². The summed E-state index contributed by atoms with van der Waals surface area (Å²) in [5.41, 5.74) is 8.38. The van der Waals surface area contributed by atoms with Crippen LogP contribution in [0.15, 0.2) is 54.7 Å². The summed E-state index contributed by atoms with van der Waals surface area (Å²) in [4.78, 5) is 6.69. The molecule has 1 atom stereocenters. The van der Waals surface area contributed by atoms with Gasteiger partial charge in [0, 0.05) is 25.0 Å². The summed E-state index contributed by atoms with van der Waals surface area (Å²) in [6, 6.07) is 13.0. The van der Waals surface area contributed by atoms with Crippen LogP contribution in [0.4, 0.5) is 24.7 Å². The molecule has 0 saturated carbocycles. The molecule has 4 aromatic rings. The van der Waals surface area contributed by atoms with Crippen LogP contribution in [-0.2, 0) is 19.3 Å². The van der Waals surface area contributed by atoms with Crippen LogP contribution >= 0.6 is 0 Å². The van der Waals surface area contributed by atoms with Crippen LogP contribution in [0.25, 0.3) is 5.52 Å². The van der Waals surface area contributed by atoms with Gasteiger partial charge in [0.05, 0.1) is 18.7 Å². The molecular formula is C26H29F3N6O. The highest BCUT2D eigenvalue weighted by Gasteiger charge is 2.31. The summed E-state index contributed by atoms with van der Waals surface area (Å²) >= 11 is 0. The molecule has 4 rings (SSSR count). The first-order chi connectivity index (χ1) is 17.0. The van der Waals surface area contributed by atoms with Gasteiger partial charge < -0.3 is 15.8 Å². The number of hydrogen-bond acceptors (Lipinski definition) is 6. The molecule has 2 heterocycles. The topological polar surface area (TPSA) is 80.7 Å². The summed E-state index contributed by atoms with van der Waals surface area (Å²) in [7, 11) is 3.67. The van der Waals surface area contributed by atoms with Gasteiger partial charge >= 0.3 is 6.18 Å². The van der Waals surface area contributed by atoms with Gasteiger partial charge in [-0.2, -0.15) is 18.3 Å². The Kier molecular flexibility index (Phi) is 7.07. The van der Waals surface area contributed by atoms with Crippen LogP contribution < -0.4 is 15.8 Å². The first kappa shape index (κ1) is 25.3. The minimum atomic E-state index is -4.48. The maximum Gasteiger partial charge on any atom is 0.416 e. The number of benzene rings is 2. The standard InChI is InChI=1S/C26H29F3N6O/c1-16(20-10-21(26(27,28)29)12-22(30)11-20)31-25-24-9-19(15-35(24)33-17(2)32-25)14-34(3)13-18-5-7-23(36-4)8-6-18/h5-12,15-16H,13-14,30H2,1-4H3,(H,31,32,33)/t16-/m1/s1. The Morgan fingerprint density at radius 2 is 1.78 bits per heavy atom. The molecule has 2 aromatic carbocycles. The van der Waals surface area contributed by atoms with Crippen molar-refractivity contribution in [1.82, 2.24) is 19.5 Å². The third-order valence-electron chi connectivity index (χ3n) is 5.85. The highest BCUT2D eigenvalue weighted by molar-refractivity contribution is 5.69. The number of alkyl halides is 3. The van der Waals surface area contributed by atoms with E-state index in [4.69, 9.17) is 10.5 Å². The van der Waals surface area contributed by atoms with E-state index in [2.05, 4.69) is 20.3 Å². The molecule has 0 amide bonds. The van der Waals surface area contributed by atoms with E-state index >= 15 is 0 Å². The van der Waals surface area contributed by atoms with Crippen molar-refractivity contribution in [3.63, 3.8) is 0 Å². The van der Waals surface area contributed by atoms with Gasteiger partial charge in [-0.15, -0.1) is 0 Å². The zero-order valence-corrected chi connectivity index (χ0v) is 20.6. The molecule has 0 spiro atoms. The van der Waals surface area contributed by atoms with E-state index < -0.39 is 17.8 Å². The van der Waals surface area contributed by atoms with Gasteiger partial charge in [-0.3, -0.25) is 4.90 Å². The number of nitrogens with two attached hydrogens (primary N) is 1. The lowest BCUT2D eigenvalue weighted by Crippen LogP contribution is -2.16. The lowest BCUT2D eigenvalue weighted by molar-refractivity contribution is -0.137. The lowest BCUT2D eigenvalue weighted by Gasteiger charge is -2.18. The number of hydrogen-bond donors (Lipinski definition) is 2. The fourth-order valence-corrected chi connectivity index (χ4v) is 4.14. The molecule has 2 aromatic heterocycles.